The molecule has 1 aromatic heterocycles. The molecule has 2 aromatic rings. The quantitative estimate of drug-likeness (QED) is 0.310. The topological polar surface area (TPSA) is 158 Å². The molecule has 1 aliphatic rings. The molecule has 1 saturated heterocycles. The van der Waals surface area contributed by atoms with Crippen molar-refractivity contribution in [3.05, 3.63) is 50.7 Å². The zero-order valence-corrected chi connectivity index (χ0v) is 13.7. The third-order valence-electron chi connectivity index (χ3n) is 4.21. The van der Waals surface area contributed by atoms with Crippen molar-refractivity contribution in [2.75, 3.05) is 6.61 Å². The molecule has 2 heterocycles. The molecule has 3 rings (SSSR count). The van der Waals surface area contributed by atoms with Crippen LogP contribution in [0.1, 0.15) is 5.56 Å². The zero-order chi connectivity index (χ0) is 18.8. The zero-order valence-electron chi connectivity index (χ0n) is 13.7. The van der Waals surface area contributed by atoms with E-state index >= 15 is 0 Å². The van der Waals surface area contributed by atoms with Gasteiger partial charge in [-0.1, -0.05) is 5.11 Å². The molecule has 138 valence electrons. The van der Waals surface area contributed by atoms with Crippen molar-refractivity contribution < 1.29 is 29.2 Å². The molecule has 10 heteroatoms. The van der Waals surface area contributed by atoms with E-state index < -0.39 is 42.9 Å². The lowest BCUT2D eigenvalue weighted by Gasteiger charge is -2.40. The Bertz CT molecular complexity index is 908. The van der Waals surface area contributed by atoms with Crippen LogP contribution in [0, 0.1) is 6.92 Å². The van der Waals surface area contributed by atoms with Crippen LogP contribution in [-0.4, -0.2) is 52.6 Å². The van der Waals surface area contributed by atoms with Gasteiger partial charge in [0.15, 0.2) is 0 Å². The van der Waals surface area contributed by atoms with E-state index in [1.165, 1.54) is 12.1 Å². The number of aliphatic hydroxyl groups is 3. The fourth-order valence-electron chi connectivity index (χ4n) is 2.86. The van der Waals surface area contributed by atoms with Crippen LogP contribution in [-0.2, 0) is 4.74 Å². The standard InChI is InChI=1S/C16H17N3O7/c1-7-4-12(21)25-10-5-8(2-3-9(7)10)24-16-13(18-19-17)15(23)14(22)11(6-20)26-16/h2-5,11,13-16,20,22-23H,6H2,1H3/t11-,13-,14+,15-,16+/m1/s1. The number of aryl methyl sites for hydroxylation is 1. The van der Waals surface area contributed by atoms with Gasteiger partial charge in [-0.05, 0) is 30.2 Å². The van der Waals surface area contributed by atoms with Gasteiger partial charge in [0, 0.05) is 22.4 Å². The van der Waals surface area contributed by atoms with E-state index in [1.54, 1.807) is 19.1 Å². The van der Waals surface area contributed by atoms with Crippen LogP contribution in [0.15, 0.2) is 38.6 Å². The molecule has 3 N–H and O–H groups in total. The summed E-state index contributed by atoms with van der Waals surface area (Å²) < 4.78 is 16.2. The second-order valence-corrected chi connectivity index (χ2v) is 5.93. The van der Waals surface area contributed by atoms with Gasteiger partial charge in [-0.25, -0.2) is 4.79 Å². The molecule has 0 saturated carbocycles. The van der Waals surface area contributed by atoms with Crippen LogP contribution in [0.5, 0.6) is 5.75 Å². The number of nitrogens with zero attached hydrogens (tertiary/aromatic N) is 3. The highest BCUT2D eigenvalue weighted by atomic mass is 16.7. The maximum absolute atomic E-state index is 11.5. The number of hydrogen-bond acceptors (Lipinski definition) is 8. The van der Waals surface area contributed by atoms with Crippen LogP contribution in [0.3, 0.4) is 0 Å². The summed E-state index contributed by atoms with van der Waals surface area (Å²) in [5, 5.41) is 33.4. The van der Waals surface area contributed by atoms with E-state index in [9.17, 15) is 20.1 Å². The number of azide groups is 1. The van der Waals surface area contributed by atoms with Crippen LogP contribution >= 0.6 is 0 Å². The summed E-state index contributed by atoms with van der Waals surface area (Å²) >= 11 is 0. The summed E-state index contributed by atoms with van der Waals surface area (Å²) in [7, 11) is 0. The van der Waals surface area contributed by atoms with E-state index in [0.717, 1.165) is 10.9 Å². The van der Waals surface area contributed by atoms with E-state index in [2.05, 4.69) is 10.0 Å². The maximum Gasteiger partial charge on any atom is 0.336 e. The third-order valence-corrected chi connectivity index (χ3v) is 4.21. The molecule has 0 aliphatic carbocycles. The first-order valence-corrected chi connectivity index (χ1v) is 7.82. The highest BCUT2D eigenvalue weighted by Crippen LogP contribution is 2.28. The van der Waals surface area contributed by atoms with Gasteiger partial charge < -0.3 is 29.2 Å². The highest BCUT2D eigenvalue weighted by Gasteiger charge is 2.45. The van der Waals surface area contributed by atoms with Crippen molar-refractivity contribution in [1.29, 1.82) is 0 Å². The minimum absolute atomic E-state index is 0.231. The number of hydrogen-bond donors (Lipinski definition) is 3. The van der Waals surface area contributed by atoms with Gasteiger partial charge in [0.05, 0.1) is 12.7 Å². The van der Waals surface area contributed by atoms with Gasteiger partial charge in [0.25, 0.3) is 0 Å². The first-order valence-electron chi connectivity index (χ1n) is 7.82. The van der Waals surface area contributed by atoms with Gasteiger partial charge in [0.1, 0.15) is 29.6 Å². The first-order chi connectivity index (χ1) is 12.4. The average molecular weight is 363 g/mol. The molecule has 0 amide bonds. The molecule has 1 fully saturated rings. The number of rotatable bonds is 4. The van der Waals surface area contributed by atoms with E-state index in [4.69, 9.17) is 19.4 Å². The lowest BCUT2D eigenvalue weighted by atomic mass is 9.98. The summed E-state index contributed by atoms with van der Waals surface area (Å²) in [5.74, 6) is 0.231. The van der Waals surface area contributed by atoms with Crippen LogP contribution < -0.4 is 10.4 Å². The Kier molecular flexibility index (Phi) is 5.12. The fourth-order valence-corrected chi connectivity index (χ4v) is 2.86. The van der Waals surface area contributed by atoms with Crippen molar-refractivity contribution in [2.24, 2.45) is 5.11 Å². The Hall–Kier alpha value is -2.62. The molecule has 26 heavy (non-hydrogen) atoms. The van der Waals surface area contributed by atoms with Crippen molar-refractivity contribution in [3.8, 4) is 5.75 Å². The molecular weight excluding hydrogens is 346 g/mol. The number of benzene rings is 1. The van der Waals surface area contributed by atoms with Crippen molar-refractivity contribution in [2.45, 2.75) is 37.6 Å². The summed E-state index contributed by atoms with van der Waals surface area (Å²) in [6.45, 7) is 1.21. The lowest BCUT2D eigenvalue weighted by Crippen LogP contribution is -2.59. The van der Waals surface area contributed by atoms with Crippen molar-refractivity contribution >= 4 is 11.0 Å². The van der Waals surface area contributed by atoms with E-state index in [0.29, 0.717) is 5.58 Å². The Balaban J connectivity index is 1.93. The average Bonchev–Trinajstić information content (AvgIpc) is 2.60. The lowest BCUT2D eigenvalue weighted by molar-refractivity contribution is -0.239. The largest absolute Gasteiger partial charge is 0.464 e. The molecular formula is C16H17N3O7. The Morgan fingerprint density at radius 3 is 2.77 bits per heavy atom. The molecule has 1 aliphatic heterocycles. The first kappa shape index (κ1) is 18.2. The van der Waals surface area contributed by atoms with Gasteiger partial charge in [-0.15, -0.1) is 0 Å². The van der Waals surface area contributed by atoms with Gasteiger partial charge in [-0.2, -0.15) is 0 Å². The van der Waals surface area contributed by atoms with Crippen molar-refractivity contribution in [1.82, 2.24) is 0 Å². The van der Waals surface area contributed by atoms with Crippen LogP contribution in [0.2, 0.25) is 0 Å². The second kappa shape index (κ2) is 7.32. The number of aliphatic hydroxyl groups excluding tert-OH is 3. The monoisotopic (exact) mass is 363 g/mol. The Morgan fingerprint density at radius 2 is 2.08 bits per heavy atom. The predicted molar refractivity (Wildman–Crippen MR) is 88.5 cm³/mol. The molecule has 5 atom stereocenters. The van der Waals surface area contributed by atoms with Crippen LogP contribution in [0.25, 0.3) is 21.4 Å². The van der Waals surface area contributed by atoms with E-state index in [-0.39, 0.29) is 5.75 Å². The number of ether oxygens (including phenoxy) is 2. The third kappa shape index (κ3) is 3.36. The Labute approximate surface area is 146 Å². The SMILES string of the molecule is Cc1cc(=O)oc2cc(O[C@H]3O[C@H](CO)[C@H](O)[C@H](O)[C@H]3N=[N+]=[N-])ccc12. The molecule has 0 unspecified atom stereocenters. The predicted octanol–water partition coefficient (Wildman–Crippen LogP) is 0.598. The number of fused-ring (bicyclic) bond motifs is 1. The molecule has 10 nitrogen and oxygen atoms in total. The van der Waals surface area contributed by atoms with Gasteiger partial charge in [-0.3, -0.25) is 0 Å². The molecule has 0 bridgehead atoms. The van der Waals surface area contributed by atoms with Gasteiger partial charge >= 0.3 is 5.63 Å². The molecule has 0 radical (unpaired) electrons. The highest BCUT2D eigenvalue weighted by molar-refractivity contribution is 5.81. The summed E-state index contributed by atoms with van der Waals surface area (Å²) in [6, 6.07) is 4.87. The normalized spacial score (nSPS) is 28.5. The minimum Gasteiger partial charge on any atom is -0.464 e. The summed E-state index contributed by atoms with van der Waals surface area (Å²) in [6.07, 6.45) is -5.29. The van der Waals surface area contributed by atoms with Gasteiger partial charge in [0.2, 0.25) is 6.29 Å². The maximum atomic E-state index is 11.5. The molecule has 0 spiro atoms. The van der Waals surface area contributed by atoms with Crippen molar-refractivity contribution in [3.63, 3.8) is 0 Å². The summed E-state index contributed by atoms with van der Waals surface area (Å²) in [5.41, 5.74) is 9.21. The minimum atomic E-state index is -1.48. The Morgan fingerprint density at radius 1 is 1.31 bits per heavy atom. The van der Waals surface area contributed by atoms with Crippen LogP contribution in [0.4, 0.5) is 0 Å². The fraction of sp³-hybridized carbons (Fsp3) is 0.438. The molecule has 1 aromatic carbocycles. The van der Waals surface area contributed by atoms with E-state index in [1.807, 2.05) is 0 Å². The smallest absolute Gasteiger partial charge is 0.336 e. The second-order valence-electron chi connectivity index (χ2n) is 5.93. The summed E-state index contributed by atoms with van der Waals surface area (Å²) in [4.78, 5) is 14.2.